The van der Waals surface area contributed by atoms with Crippen LogP contribution in [0.25, 0.3) is 0 Å². The molecule has 0 spiro atoms. The monoisotopic (exact) mass is 356 g/mol. The van der Waals surface area contributed by atoms with Crippen LogP contribution < -0.4 is 10.6 Å². The largest absolute Gasteiger partial charge is 0.351 e. The maximum Gasteiger partial charge on any atom is 0.326 e. The molecule has 3 rings (SSSR count). The topological polar surface area (TPSA) is 80.5 Å². The number of carbonyl (C=O) groups excluding carboxylic acids is 3. The number of nitrogens with two attached hydrogens (primary N) is 1. The minimum atomic E-state index is -1.47. The molecule has 1 aliphatic heterocycles. The number of halogens is 3. The van der Waals surface area contributed by atoms with Crippen molar-refractivity contribution >= 4 is 46.3 Å². The van der Waals surface area contributed by atoms with Gasteiger partial charge >= 0.3 is 6.03 Å². The zero-order valence-electron chi connectivity index (χ0n) is 11.2. The van der Waals surface area contributed by atoms with Crippen molar-refractivity contribution in [2.24, 2.45) is 5.73 Å². The number of ketones is 1. The number of urea groups is 1. The van der Waals surface area contributed by atoms with Crippen LogP contribution in [0.4, 0.5) is 19.3 Å². The van der Waals surface area contributed by atoms with E-state index >= 15 is 0 Å². The SMILES string of the molecule is NC(=O)N1C(=O)C(C(=O)c2ccc(F)s2)c2cc(F)c(Cl)cc21. The Morgan fingerprint density at radius 2 is 1.96 bits per heavy atom. The molecule has 0 aliphatic carbocycles. The first-order chi connectivity index (χ1) is 10.8. The summed E-state index contributed by atoms with van der Waals surface area (Å²) in [6, 6.07) is 3.13. The van der Waals surface area contributed by atoms with E-state index in [2.05, 4.69) is 0 Å². The lowest BCUT2D eigenvalue weighted by Gasteiger charge is -2.12. The second kappa shape index (κ2) is 5.39. The predicted octanol–water partition coefficient (Wildman–Crippen LogP) is 3.07. The summed E-state index contributed by atoms with van der Waals surface area (Å²) in [5.74, 6) is -3.98. The first kappa shape index (κ1) is 15.6. The lowest BCUT2D eigenvalue weighted by Crippen LogP contribution is -2.40. The molecule has 1 aromatic carbocycles. The van der Waals surface area contributed by atoms with Gasteiger partial charge in [-0.2, -0.15) is 4.39 Å². The lowest BCUT2D eigenvalue weighted by molar-refractivity contribution is -0.117. The summed E-state index contributed by atoms with van der Waals surface area (Å²) in [5.41, 5.74) is 5.07. The van der Waals surface area contributed by atoms with E-state index in [1.807, 2.05) is 0 Å². The van der Waals surface area contributed by atoms with E-state index in [9.17, 15) is 23.2 Å². The summed E-state index contributed by atoms with van der Waals surface area (Å²) in [6.45, 7) is 0. The summed E-state index contributed by atoms with van der Waals surface area (Å²) >= 11 is 6.21. The number of benzene rings is 1. The van der Waals surface area contributed by atoms with E-state index < -0.39 is 34.6 Å². The Morgan fingerprint density at radius 3 is 2.52 bits per heavy atom. The number of carbonyl (C=O) groups is 3. The highest BCUT2D eigenvalue weighted by molar-refractivity contribution is 7.12. The number of Topliss-reactive ketones (excluding diaryl/α,β-unsaturated/α-hetero) is 1. The molecule has 2 aromatic rings. The Hall–Kier alpha value is -2.32. The lowest BCUT2D eigenvalue weighted by atomic mass is 9.95. The van der Waals surface area contributed by atoms with Crippen molar-refractivity contribution in [1.82, 2.24) is 0 Å². The fourth-order valence-electron chi connectivity index (χ4n) is 2.43. The minimum absolute atomic E-state index is 0.0199. The molecule has 1 atom stereocenters. The summed E-state index contributed by atoms with van der Waals surface area (Å²) in [5, 5.41) is -0.925. The molecule has 0 radical (unpaired) electrons. The molecule has 1 unspecified atom stereocenters. The number of hydrogen-bond acceptors (Lipinski definition) is 4. The number of thiophene rings is 1. The van der Waals surface area contributed by atoms with E-state index in [1.54, 1.807) is 0 Å². The maximum absolute atomic E-state index is 13.7. The van der Waals surface area contributed by atoms with Crippen molar-refractivity contribution in [3.05, 3.63) is 50.7 Å². The molecule has 2 heterocycles. The average Bonchev–Trinajstić information content (AvgIpc) is 3.00. The van der Waals surface area contributed by atoms with Crippen LogP contribution in [0.5, 0.6) is 0 Å². The first-order valence-corrected chi connectivity index (χ1v) is 7.42. The van der Waals surface area contributed by atoms with Crippen molar-refractivity contribution in [2.45, 2.75) is 5.92 Å². The number of fused-ring (bicyclic) bond motifs is 1. The van der Waals surface area contributed by atoms with Gasteiger partial charge in [-0.05, 0) is 29.8 Å². The molecule has 0 fully saturated rings. The standard InChI is InChI=1S/C14H7ClF2N2O3S/c15-6-4-8-5(3-7(6)16)11(13(21)19(8)14(18)22)12(20)9-1-2-10(17)23-9/h1-4,11H,(H2,18,22). The average molecular weight is 357 g/mol. The van der Waals surface area contributed by atoms with Gasteiger partial charge in [0.05, 0.1) is 15.6 Å². The van der Waals surface area contributed by atoms with Crippen LogP contribution in [0.15, 0.2) is 24.3 Å². The predicted molar refractivity (Wildman–Crippen MR) is 79.8 cm³/mol. The van der Waals surface area contributed by atoms with Gasteiger partial charge in [-0.3, -0.25) is 9.59 Å². The Bertz CT molecular complexity index is 868. The Labute approximate surface area is 137 Å². The van der Waals surface area contributed by atoms with E-state index in [4.69, 9.17) is 17.3 Å². The summed E-state index contributed by atoms with van der Waals surface area (Å²) in [7, 11) is 0. The molecule has 2 N–H and O–H groups in total. The van der Waals surface area contributed by atoms with Crippen LogP contribution in [0, 0.1) is 10.9 Å². The zero-order valence-corrected chi connectivity index (χ0v) is 12.8. The van der Waals surface area contributed by atoms with E-state index in [0.29, 0.717) is 16.2 Å². The van der Waals surface area contributed by atoms with Gasteiger partial charge in [0.2, 0.25) is 0 Å². The van der Waals surface area contributed by atoms with Crippen molar-refractivity contribution in [3.8, 4) is 0 Å². The van der Waals surface area contributed by atoms with E-state index in [0.717, 1.165) is 18.2 Å². The number of nitrogens with zero attached hydrogens (tertiary/aromatic N) is 1. The molecule has 0 bridgehead atoms. The molecule has 1 aliphatic rings. The molecule has 9 heteroatoms. The Morgan fingerprint density at radius 1 is 1.26 bits per heavy atom. The van der Waals surface area contributed by atoms with Gasteiger partial charge in [0, 0.05) is 0 Å². The smallest absolute Gasteiger partial charge is 0.326 e. The number of amides is 3. The fourth-order valence-corrected chi connectivity index (χ4v) is 3.29. The van der Waals surface area contributed by atoms with Crippen molar-refractivity contribution in [1.29, 1.82) is 0 Å². The zero-order chi connectivity index (χ0) is 16.9. The van der Waals surface area contributed by atoms with Gasteiger partial charge in [0.15, 0.2) is 10.9 Å². The molecule has 23 heavy (non-hydrogen) atoms. The Kier molecular flexibility index (Phi) is 3.65. The van der Waals surface area contributed by atoms with Crippen LogP contribution >= 0.6 is 22.9 Å². The van der Waals surface area contributed by atoms with E-state index in [-0.39, 0.29) is 21.2 Å². The van der Waals surface area contributed by atoms with Gasteiger partial charge in [-0.15, -0.1) is 11.3 Å². The molecule has 3 amide bonds. The second-order valence-corrected chi connectivity index (χ2v) is 6.18. The summed E-state index contributed by atoms with van der Waals surface area (Å²) in [6.07, 6.45) is 0. The van der Waals surface area contributed by atoms with Crippen molar-refractivity contribution in [2.75, 3.05) is 4.90 Å². The van der Waals surface area contributed by atoms with Crippen LogP contribution in [0.2, 0.25) is 5.02 Å². The number of hydrogen-bond donors (Lipinski definition) is 1. The molecule has 5 nitrogen and oxygen atoms in total. The van der Waals surface area contributed by atoms with Gasteiger partial charge < -0.3 is 5.73 Å². The fraction of sp³-hybridized carbons (Fsp3) is 0.0714. The minimum Gasteiger partial charge on any atom is -0.351 e. The van der Waals surface area contributed by atoms with Crippen molar-refractivity contribution in [3.63, 3.8) is 0 Å². The Balaban J connectivity index is 2.16. The van der Waals surface area contributed by atoms with Crippen LogP contribution in [0.1, 0.15) is 21.2 Å². The van der Waals surface area contributed by atoms with Crippen LogP contribution in [0.3, 0.4) is 0 Å². The van der Waals surface area contributed by atoms with E-state index in [1.165, 1.54) is 6.07 Å². The normalized spacial score (nSPS) is 16.6. The highest BCUT2D eigenvalue weighted by Crippen LogP contribution is 2.42. The number of rotatable bonds is 2. The van der Waals surface area contributed by atoms with Gasteiger partial charge in [-0.1, -0.05) is 11.6 Å². The number of anilines is 1. The number of primary amides is 1. The molecule has 1 aromatic heterocycles. The second-order valence-electron chi connectivity index (χ2n) is 4.74. The van der Waals surface area contributed by atoms with Crippen LogP contribution in [-0.2, 0) is 4.79 Å². The highest BCUT2D eigenvalue weighted by Gasteiger charge is 2.45. The molecule has 118 valence electrons. The van der Waals surface area contributed by atoms with Gasteiger partial charge in [0.25, 0.3) is 5.91 Å². The summed E-state index contributed by atoms with van der Waals surface area (Å²) in [4.78, 5) is 36.9. The highest BCUT2D eigenvalue weighted by atomic mass is 35.5. The number of imide groups is 1. The third kappa shape index (κ3) is 2.40. The molecular formula is C14H7ClF2N2O3S. The summed E-state index contributed by atoms with van der Waals surface area (Å²) < 4.78 is 26.8. The third-order valence-electron chi connectivity index (χ3n) is 3.39. The van der Waals surface area contributed by atoms with Gasteiger partial charge in [0.1, 0.15) is 11.7 Å². The quantitative estimate of drug-likeness (QED) is 0.663. The maximum atomic E-state index is 13.7. The van der Waals surface area contributed by atoms with Crippen molar-refractivity contribution < 1.29 is 23.2 Å². The molecule has 0 saturated carbocycles. The van der Waals surface area contributed by atoms with Crippen LogP contribution in [-0.4, -0.2) is 17.7 Å². The third-order valence-corrected chi connectivity index (χ3v) is 4.57. The molecular weight excluding hydrogens is 350 g/mol. The van der Waals surface area contributed by atoms with Gasteiger partial charge in [-0.25, -0.2) is 14.1 Å². The first-order valence-electron chi connectivity index (χ1n) is 6.23. The molecule has 0 saturated heterocycles.